The summed E-state index contributed by atoms with van der Waals surface area (Å²) in [5.74, 6) is 0.311. The number of benzene rings is 1. The summed E-state index contributed by atoms with van der Waals surface area (Å²) >= 11 is 0. The number of rotatable bonds is 6. The van der Waals surface area contributed by atoms with Crippen molar-refractivity contribution in [3.8, 4) is 5.75 Å². The average Bonchev–Trinajstić information content (AvgIpc) is 2.99. The first kappa shape index (κ1) is 15.3. The second-order valence-electron chi connectivity index (χ2n) is 5.78. The summed E-state index contributed by atoms with van der Waals surface area (Å²) in [7, 11) is 0. The Labute approximate surface area is 128 Å². The summed E-state index contributed by atoms with van der Waals surface area (Å²) in [5, 5.41) is 19.9. The van der Waals surface area contributed by atoms with Gasteiger partial charge in [-0.25, -0.2) is 0 Å². The Hall–Kier alpha value is -1.63. The molecule has 6 heteroatoms. The van der Waals surface area contributed by atoms with Gasteiger partial charge in [0.05, 0.1) is 25.2 Å². The highest BCUT2D eigenvalue weighted by molar-refractivity contribution is 5.72. The molecule has 6 nitrogen and oxygen atoms in total. The molecule has 22 heavy (non-hydrogen) atoms. The molecule has 1 heterocycles. The normalized spacial score (nSPS) is 31.6. The smallest absolute Gasteiger partial charge is 0.306 e. The molecule has 1 aromatic carbocycles. The van der Waals surface area contributed by atoms with Crippen LogP contribution in [0.25, 0.3) is 0 Å². The topological polar surface area (TPSA) is 85.2 Å². The van der Waals surface area contributed by atoms with Gasteiger partial charge in [0.15, 0.2) is 0 Å². The molecule has 0 amide bonds. The van der Waals surface area contributed by atoms with Gasteiger partial charge in [0.1, 0.15) is 24.6 Å². The van der Waals surface area contributed by atoms with E-state index in [4.69, 9.17) is 14.2 Å². The van der Waals surface area contributed by atoms with E-state index in [0.29, 0.717) is 12.2 Å². The Kier molecular flexibility index (Phi) is 4.61. The highest BCUT2D eigenvalue weighted by Gasteiger charge is 2.50. The van der Waals surface area contributed by atoms with Gasteiger partial charge < -0.3 is 24.4 Å². The zero-order valence-corrected chi connectivity index (χ0v) is 12.1. The summed E-state index contributed by atoms with van der Waals surface area (Å²) in [5.41, 5.74) is 0. The lowest BCUT2D eigenvalue weighted by molar-refractivity contribution is -0.142. The van der Waals surface area contributed by atoms with Crippen molar-refractivity contribution in [3.05, 3.63) is 30.3 Å². The lowest BCUT2D eigenvalue weighted by Crippen LogP contribution is -2.34. The number of para-hydroxylation sites is 1. The van der Waals surface area contributed by atoms with Crippen molar-refractivity contribution in [2.24, 2.45) is 5.92 Å². The average molecular weight is 308 g/mol. The van der Waals surface area contributed by atoms with Crippen molar-refractivity contribution in [2.75, 3.05) is 13.2 Å². The standard InChI is InChI=1S/C16H20O6/c17-10(8-20-11-4-2-1-3-5-11)9-21-16-12-6-15(19)22-14(12)7-13(16)18/h1-5,10,12-14,16-18H,6-9H2/t10-,12+,13-,14+,16-/m0/s1. The van der Waals surface area contributed by atoms with Crippen LogP contribution >= 0.6 is 0 Å². The monoisotopic (exact) mass is 308 g/mol. The molecule has 0 spiro atoms. The van der Waals surface area contributed by atoms with Crippen LogP contribution in [-0.2, 0) is 14.3 Å². The molecule has 1 aromatic rings. The first-order valence-corrected chi connectivity index (χ1v) is 7.48. The van der Waals surface area contributed by atoms with Gasteiger partial charge in [-0.2, -0.15) is 0 Å². The highest BCUT2D eigenvalue weighted by Crippen LogP contribution is 2.38. The number of fused-ring (bicyclic) bond motifs is 1. The molecule has 2 N–H and O–H groups in total. The Balaban J connectivity index is 1.44. The minimum absolute atomic E-state index is 0.0476. The van der Waals surface area contributed by atoms with Crippen molar-refractivity contribution in [2.45, 2.75) is 37.3 Å². The largest absolute Gasteiger partial charge is 0.491 e. The predicted octanol–water partition coefficient (Wildman–Crippen LogP) is 0.508. The van der Waals surface area contributed by atoms with Crippen LogP contribution in [0.4, 0.5) is 0 Å². The van der Waals surface area contributed by atoms with E-state index in [2.05, 4.69) is 0 Å². The van der Waals surface area contributed by atoms with Crippen molar-refractivity contribution in [3.63, 3.8) is 0 Å². The third kappa shape index (κ3) is 3.40. The van der Waals surface area contributed by atoms with Gasteiger partial charge in [0.2, 0.25) is 0 Å². The van der Waals surface area contributed by atoms with E-state index < -0.39 is 18.3 Å². The van der Waals surface area contributed by atoms with E-state index in [-0.39, 0.29) is 37.6 Å². The van der Waals surface area contributed by atoms with Crippen LogP contribution in [0.15, 0.2) is 30.3 Å². The molecule has 1 saturated carbocycles. The van der Waals surface area contributed by atoms with E-state index in [1.807, 2.05) is 18.2 Å². The second-order valence-corrected chi connectivity index (χ2v) is 5.78. The van der Waals surface area contributed by atoms with Crippen LogP contribution in [0.3, 0.4) is 0 Å². The molecule has 1 aliphatic heterocycles. The van der Waals surface area contributed by atoms with Gasteiger partial charge in [-0.15, -0.1) is 0 Å². The fraction of sp³-hybridized carbons (Fsp3) is 0.562. The summed E-state index contributed by atoms with van der Waals surface area (Å²) in [6, 6.07) is 9.20. The minimum atomic E-state index is -0.801. The van der Waals surface area contributed by atoms with Crippen molar-refractivity contribution >= 4 is 5.97 Å². The van der Waals surface area contributed by atoms with E-state index in [1.165, 1.54) is 0 Å². The Morgan fingerprint density at radius 1 is 1.27 bits per heavy atom. The molecular formula is C16H20O6. The van der Waals surface area contributed by atoms with Crippen LogP contribution in [-0.4, -0.2) is 53.8 Å². The van der Waals surface area contributed by atoms with Crippen LogP contribution < -0.4 is 4.74 Å². The summed E-state index contributed by atoms with van der Waals surface area (Å²) in [6.07, 6.45) is -1.52. The maximum Gasteiger partial charge on any atom is 0.306 e. The molecule has 1 saturated heterocycles. The third-order valence-corrected chi connectivity index (χ3v) is 4.10. The van der Waals surface area contributed by atoms with Crippen LogP contribution in [0.5, 0.6) is 5.75 Å². The van der Waals surface area contributed by atoms with Crippen molar-refractivity contribution in [1.82, 2.24) is 0 Å². The number of ether oxygens (including phenoxy) is 3. The first-order valence-electron chi connectivity index (χ1n) is 7.48. The Bertz CT molecular complexity index is 505. The van der Waals surface area contributed by atoms with Crippen molar-refractivity contribution in [1.29, 1.82) is 0 Å². The lowest BCUT2D eigenvalue weighted by atomic mass is 10.0. The molecule has 0 radical (unpaired) electrons. The molecule has 5 atom stereocenters. The molecular weight excluding hydrogens is 288 g/mol. The molecule has 0 unspecified atom stereocenters. The fourth-order valence-corrected chi connectivity index (χ4v) is 3.05. The van der Waals surface area contributed by atoms with Crippen LogP contribution in [0, 0.1) is 5.92 Å². The van der Waals surface area contributed by atoms with E-state index in [9.17, 15) is 15.0 Å². The quantitative estimate of drug-likeness (QED) is 0.745. The van der Waals surface area contributed by atoms with E-state index >= 15 is 0 Å². The molecule has 120 valence electrons. The first-order chi connectivity index (χ1) is 10.6. The van der Waals surface area contributed by atoms with E-state index in [1.54, 1.807) is 12.1 Å². The minimum Gasteiger partial charge on any atom is -0.491 e. The second kappa shape index (κ2) is 6.64. The molecule has 3 rings (SSSR count). The molecule has 0 bridgehead atoms. The van der Waals surface area contributed by atoms with Crippen molar-refractivity contribution < 1.29 is 29.2 Å². The van der Waals surface area contributed by atoms with Gasteiger partial charge in [-0.05, 0) is 12.1 Å². The van der Waals surface area contributed by atoms with E-state index in [0.717, 1.165) is 0 Å². The Morgan fingerprint density at radius 2 is 2.05 bits per heavy atom. The number of hydrogen-bond acceptors (Lipinski definition) is 6. The predicted molar refractivity (Wildman–Crippen MR) is 76.3 cm³/mol. The van der Waals surface area contributed by atoms with Gasteiger partial charge in [0.25, 0.3) is 0 Å². The molecule has 2 fully saturated rings. The SMILES string of the molecule is O=C1C[C@H]2[C@H](OC[C@@H](O)COc3ccccc3)[C@@H](O)C[C@H]2O1. The van der Waals surface area contributed by atoms with Crippen LogP contribution in [0.2, 0.25) is 0 Å². The zero-order valence-electron chi connectivity index (χ0n) is 12.1. The number of hydrogen-bond donors (Lipinski definition) is 2. The van der Waals surface area contributed by atoms with Gasteiger partial charge in [0, 0.05) is 12.3 Å². The zero-order chi connectivity index (χ0) is 15.5. The maximum atomic E-state index is 11.3. The molecule has 1 aliphatic carbocycles. The fourth-order valence-electron chi connectivity index (χ4n) is 3.05. The van der Waals surface area contributed by atoms with Gasteiger partial charge in [-0.3, -0.25) is 4.79 Å². The lowest BCUT2D eigenvalue weighted by Gasteiger charge is -2.22. The Morgan fingerprint density at radius 3 is 2.82 bits per heavy atom. The third-order valence-electron chi connectivity index (χ3n) is 4.10. The summed E-state index contributed by atoms with van der Waals surface area (Å²) < 4.78 is 16.2. The number of aliphatic hydroxyl groups excluding tert-OH is 2. The number of carbonyl (C=O) groups is 1. The molecule has 0 aromatic heterocycles. The van der Waals surface area contributed by atoms with Crippen LogP contribution in [0.1, 0.15) is 12.8 Å². The number of aliphatic hydroxyl groups is 2. The highest BCUT2D eigenvalue weighted by atomic mass is 16.6. The molecule has 2 aliphatic rings. The number of esters is 1. The van der Waals surface area contributed by atoms with Gasteiger partial charge in [-0.1, -0.05) is 18.2 Å². The van der Waals surface area contributed by atoms with Gasteiger partial charge >= 0.3 is 5.97 Å². The summed E-state index contributed by atoms with van der Waals surface area (Å²) in [6.45, 7) is 0.155. The number of carbonyl (C=O) groups excluding carboxylic acids is 1. The summed E-state index contributed by atoms with van der Waals surface area (Å²) in [4.78, 5) is 11.3. The maximum absolute atomic E-state index is 11.3.